The number of ether oxygens (including phenoxy) is 2. The zero-order chi connectivity index (χ0) is 18.9. The van der Waals surface area contributed by atoms with Crippen LogP contribution >= 0.6 is 0 Å². The number of carbonyl (C=O) groups excluding carboxylic acids is 3. The van der Waals surface area contributed by atoms with Crippen LogP contribution in [0.3, 0.4) is 0 Å². The van der Waals surface area contributed by atoms with E-state index in [2.05, 4.69) is 10.1 Å². The second-order valence-electron chi connectivity index (χ2n) is 5.55. The molecular formula is C20H21NO5. The summed E-state index contributed by atoms with van der Waals surface area (Å²) in [6, 6.07) is 13.5. The Kier molecular flexibility index (Phi) is 6.91. The Hall–Kier alpha value is -3.15. The fourth-order valence-electron chi connectivity index (χ4n) is 2.50. The van der Waals surface area contributed by atoms with Crippen molar-refractivity contribution in [3.05, 3.63) is 60.2 Å². The minimum absolute atomic E-state index is 0.215. The number of benzene rings is 2. The van der Waals surface area contributed by atoms with Gasteiger partial charge in [-0.3, -0.25) is 4.79 Å². The van der Waals surface area contributed by atoms with Gasteiger partial charge in [0.15, 0.2) is 6.61 Å². The quantitative estimate of drug-likeness (QED) is 0.610. The summed E-state index contributed by atoms with van der Waals surface area (Å²) in [5.74, 6) is -1.85. The van der Waals surface area contributed by atoms with E-state index in [0.717, 1.165) is 28.5 Å². The van der Waals surface area contributed by atoms with Crippen molar-refractivity contribution in [3.8, 4) is 0 Å². The van der Waals surface area contributed by atoms with Crippen molar-refractivity contribution in [1.82, 2.24) is 5.32 Å². The number of amides is 1. The van der Waals surface area contributed by atoms with E-state index < -0.39 is 24.5 Å². The summed E-state index contributed by atoms with van der Waals surface area (Å²) in [4.78, 5) is 34.6. The SMILES string of the molecule is CCOC(=O)/C=C/C(=O)OCC(=O)N[C@H](C)c1cccc2ccccc12. The zero-order valence-electron chi connectivity index (χ0n) is 14.7. The van der Waals surface area contributed by atoms with Crippen LogP contribution in [0.25, 0.3) is 10.8 Å². The molecule has 0 spiro atoms. The van der Waals surface area contributed by atoms with Gasteiger partial charge in [0.05, 0.1) is 12.6 Å². The topological polar surface area (TPSA) is 81.7 Å². The highest BCUT2D eigenvalue weighted by Crippen LogP contribution is 2.23. The van der Waals surface area contributed by atoms with Crippen molar-refractivity contribution in [3.63, 3.8) is 0 Å². The van der Waals surface area contributed by atoms with Crippen molar-refractivity contribution in [2.45, 2.75) is 19.9 Å². The molecule has 0 aliphatic rings. The maximum Gasteiger partial charge on any atom is 0.331 e. The number of hydrogen-bond donors (Lipinski definition) is 1. The highest BCUT2D eigenvalue weighted by molar-refractivity contribution is 5.92. The van der Waals surface area contributed by atoms with Gasteiger partial charge in [-0.25, -0.2) is 9.59 Å². The largest absolute Gasteiger partial charge is 0.463 e. The first-order chi connectivity index (χ1) is 12.5. The van der Waals surface area contributed by atoms with Crippen molar-refractivity contribution in [1.29, 1.82) is 0 Å². The van der Waals surface area contributed by atoms with Crippen LogP contribution in [0.2, 0.25) is 0 Å². The molecule has 0 saturated heterocycles. The second-order valence-corrected chi connectivity index (χ2v) is 5.55. The molecular weight excluding hydrogens is 334 g/mol. The lowest BCUT2D eigenvalue weighted by Crippen LogP contribution is -2.31. The lowest BCUT2D eigenvalue weighted by Gasteiger charge is -2.16. The van der Waals surface area contributed by atoms with Gasteiger partial charge in [0.1, 0.15) is 0 Å². The first-order valence-electron chi connectivity index (χ1n) is 8.30. The van der Waals surface area contributed by atoms with E-state index in [1.807, 2.05) is 49.4 Å². The predicted molar refractivity (Wildman–Crippen MR) is 97.2 cm³/mol. The maximum atomic E-state index is 12.0. The van der Waals surface area contributed by atoms with Gasteiger partial charge in [-0.1, -0.05) is 42.5 Å². The molecule has 26 heavy (non-hydrogen) atoms. The fourth-order valence-corrected chi connectivity index (χ4v) is 2.50. The lowest BCUT2D eigenvalue weighted by molar-refractivity contribution is -0.144. The van der Waals surface area contributed by atoms with Crippen LogP contribution in [0.4, 0.5) is 0 Å². The van der Waals surface area contributed by atoms with Crippen LogP contribution in [-0.4, -0.2) is 31.1 Å². The van der Waals surface area contributed by atoms with E-state index in [4.69, 9.17) is 4.74 Å². The van der Waals surface area contributed by atoms with Gasteiger partial charge in [-0.2, -0.15) is 0 Å². The highest BCUT2D eigenvalue weighted by atomic mass is 16.5. The Balaban J connectivity index is 1.89. The molecule has 0 aliphatic carbocycles. The number of carbonyl (C=O) groups is 3. The summed E-state index contributed by atoms with van der Waals surface area (Å²) in [5.41, 5.74) is 0.977. The van der Waals surface area contributed by atoms with Crippen LogP contribution in [0.15, 0.2) is 54.6 Å². The number of hydrogen-bond acceptors (Lipinski definition) is 5. The van der Waals surface area contributed by atoms with Crippen molar-refractivity contribution < 1.29 is 23.9 Å². The third kappa shape index (κ3) is 5.44. The van der Waals surface area contributed by atoms with Gasteiger partial charge in [-0.15, -0.1) is 0 Å². The normalized spacial score (nSPS) is 11.9. The van der Waals surface area contributed by atoms with E-state index >= 15 is 0 Å². The molecule has 1 atom stereocenters. The molecule has 0 bridgehead atoms. The molecule has 136 valence electrons. The highest BCUT2D eigenvalue weighted by Gasteiger charge is 2.13. The van der Waals surface area contributed by atoms with Gasteiger partial charge < -0.3 is 14.8 Å². The van der Waals surface area contributed by atoms with E-state index in [0.29, 0.717) is 0 Å². The van der Waals surface area contributed by atoms with E-state index in [9.17, 15) is 14.4 Å². The van der Waals surface area contributed by atoms with Crippen LogP contribution in [0, 0.1) is 0 Å². The third-order valence-electron chi connectivity index (χ3n) is 3.65. The Morgan fingerprint density at radius 2 is 1.65 bits per heavy atom. The number of fused-ring (bicyclic) bond motifs is 1. The molecule has 0 aliphatic heterocycles. The molecule has 0 heterocycles. The molecule has 2 aromatic carbocycles. The number of esters is 2. The maximum absolute atomic E-state index is 12.0. The van der Waals surface area contributed by atoms with Crippen LogP contribution in [-0.2, 0) is 23.9 Å². The van der Waals surface area contributed by atoms with Gasteiger partial charge in [0.2, 0.25) is 0 Å². The summed E-state index contributed by atoms with van der Waals surface area (Å²) < 4.78 is 9.45. The summed E-state index contributed by atoms with van der Waals surface area (Å²) in [7, 11) is 0. The van der Waals surface area contributed by atoms with Crippen molar-refractivity contribution in [2.24, 2.45) is 0 Å². The average Bonchev–Trinajstić information content (AvgIpc) is 2.64. The lowest BCUT2D eigenvalue weighted by atomic mass is 10.00. The number of rotatable bonds is 7. The fraction of sp³-hybridized carbons (Fsp3) is 0.250. The van der Waals surface area contributed by atoms with Crippen LogP contribution in [0.5, 0.6) is 0 Å². The van der Waals surface area contributed by atoms with Crippen LogP contribution in [0.1, 0.15) is 25.5 Å². The molecule has 0 saturated carbocycles. The van der Waals surface area contributed by atoms with Crippen LogP contribution < -0.4 is 5.32 Å². The Bertz CT molecular complexity index is 823. The first-order valence-corrected chi connectivity index (χ1v) is 8.30. The molecule has 0 aromatic heterocycles. The number of nitrogens with one attached hydrogen (secondary N) is 1. The minimum Gasteiger partial charge on any atom is -0.463 e. The molecule has 2 aromatic rings. The standard InChI is InChI=1S/C20H21NO5/c1-3-25-19(23)11-12-20(24)26-13-18(22)21-14(2)16-10-6-8-15-7-4-5-9-17(15)16/h4-12,14H,3,13H2,1-2H3,(H,21,22)/b12-11+/t14-/m1/s1. The molecule has 0 fully saturated rings. The van der Waals surface area contributed by atoms with Crippen molar-refractivity contribution >= 4 is 28.6 Å². The van der Waals surface area contributed by atoms with E-state index in [1.54, 1.807) is 6.92 Å². The van der Waals surface area contributed by atoms with Gasteiger partial charge in [0.25, 0.3) is 5.91 Å². The third-order valence-corrected chi connectivity index (χ3v) is 3.65. The van der Waals surface area contributed by atoms with Gasteiger partial charge in [-0.05, 0) is 30.2 Å². The predicted octanol–water partition coefficient (Wildman–Crippen LogP) is 2.68. The average molecular weight is 355 g/mol. The molecule has 1 amide bonds. The second kappa shape index (κ2) is 9.36. The minimum atomic E-state index is -0.786. The smallest absolute Gasteiger partial charge is 0.331 e. The monoisotopic (exact) mass is 355 g/mol. The Morgan fingerprint density at radius 3 is 2.38 bits per heavy atom. The summed E-state index contributed by atoms with van der Waals surface area (Å²) >= 11 is 0. The zero-order valence-corrected chi connectivity index (χ0v) is 14.7. The van der Waals surface area contributed by atoms with Gasteiger partial charge >= 0.3 is 11.9 Å². The summed E-state index contributed by atoms with van der Waals surface area (Å²) in [6.07, 6.45) is 1.89. The molecule has 6 heteroatoms. The Labute approximate surface area is 151 Å². The van der Waals surface area contributed by atoms with E-state index in [-0.39, 0.29) is 12.6 Å². The molecule has 1 N–H and O–H groups in total. The molecule has 6 nitrogen and oxygen atoms in total. The van der Waals surface area contributed by atoms with E-state index in [1.165, 1.54) is 0 Å². The summed E-state index contributed by atoms with van der Waals surface area (Å²) in [6.45, 7) is 3.31. The van der Waals surface area contributed by atoms with Gasteiger partial charge in [0, 0.05) is 12.2 Å². The molecule has 2 rings (SSSR count). The molecule has 0 radical (unpaired) electrons. The molecule has 0 unspecified atom stereocenters. The Morgan fingerprint density at radius 1 is 1.00 bits per heavy atom. The first kappa shape index (κ1) is 19.2. The summed E-state index contributed by atoms with van der Waals surface area (Å²) in [5, 5.41) is 4.93. The van der Waals surface area contributed by atoms with Crippen molar-refractivity contribution in [2.75, 3.05) is 13.2 Å².